The molecule has 0 aliphatic carbocycles. The van der Waals surface area contributed by atoms with E-state index in [1.54, 1.807) is 38.4 Å². The van der Waals surface area contributed by atoms with Crippen molar-refractivity contribution in [2.24, 2.45) is 0 Å². The lowest BCUT2D eigenvalue weighted by Crippen LogP contribution is -2.47. The second-order valence-electron chi connectivity index (χ2n) is 7.25. The second-order valence-corrected chi connectivity index (χ2v) is 7.25. The largest absolute Gasteiger partial charge is 0.481 e. The van der Waals surface area contributed by atoms with Crippen molar-refractivity contribution < 1.29 is 19.1 Å². The molecule has 0 bridgehead atoms. The Labute approximate surface area is 159 Å². The Balaban J connectivity index is 1.85. The summed E-state index contributed by atoms with van der Waals surface area (Å²) in [4.78, 5) is 28.1. The van der Waals surface area contributed by atoms with Crippen LogP contribution in [0.25, 0.3) is 0 Å². The van der Waals surface area contributed by atoms with Gasteiger partial charge in [-0.3, -0.25) is 9.78 Å². The number of nitrogens with zero attached hydrogens (tertiary/aromatic N) is 1. The molecule has 0 saturated heterocycles. The van der Waals surface area contributed by atoms with Crippen LogP contribution in [-0.4, -0.2) is 35.6 Å². The molecule has 0 unspecified atom stereocenters. The Morgan fingerprint density at radius 3 is 2.26 bits per heavy atom. The van der Waals surface area contributed by atoms with E-state index in [0.717, 1.165) is 16.7 Å². The van der Waals surface area contributed by atoms with E-state index in [2.05, 4.69) is 10.3 Å². The zero-order chi connectivity index (χ0) is 20.0. The lowest BCUT2D eigenvalue weighted by Gasteiger charge is -2.25. The van der Waals surface area contributed by atoms with Crippen molar-refractivity contribution >= 4 is 11.9 Å². The van der Waals surface area contributed by atoms with Gasteiger partial charge in [-0.2, -0.15) is 0 Å². The maximum absolute atomic E-state index is 12.2. The number of amides is 1. The molecule has 1 amide bonds. The first-order valence-corrected chi connectivity index (χ1v) is 8.77. The number of hydrogen-bond donors (Lipinski definition) is 1. The van der Waals surface area contributed by atoms with Crippen LogP contribution < -0.4 is 10.1 Å². The summed E-state index contributed by atoms with van der Waals surface area (Å²) in [6.07, 6.45) is 3.10. The zero-order valence-electron chi connectivity index (χ0n) is 16.5. The minimum atomic E-state index is -0.717. The summed E-state index contributed by atoms with van der Waals surface area (Å²) in [5.74, 6) is -0.0379. The van der Waals surface area contributed by atoms with Gasteiger partial charge in [0.2, 0.25) is 0 Å². The van der Waals surface area contributed by atoms with Crippen molar-refractivity contribution in [2.45, 2.75) is 40.2 Å². The molecule has 0 spiro atoms. The number of nitrogens with one attached hydrogen (secondary N) is 1. The van der Waals surface area contributed by atoms with Gasteiger partial charge < -0.3 is 14.8 Å². The van der Waals surface area contributed by atoms with Crippen molar-refractivity contribution in [1.29, 1.82) is 0 Å². The van der Waals surface area contributed by atoms with E-state index in [0.29, 0.717) is 11.3 Å². The number of esters is 1. The van der Waals surface area contributed by atoms with E-state index in [-0.39, 0.29) is 19.1 Å². The fraction of sp³-hybridized carbons (Fsp3) is 0.381. The highest BCUT2D eigenvalue weighted by atomic mass is 16.6. The van der Waals surface area contributed by atoms with E-state index in [4.69, 9.17) is 9.47 Å². The van der Waals surface area contributed by atoms with E-state index < -0.39 is 11.5 Å². The van der Waals surface area contributed by atoms with Gasteiger partial charge in [0.15, 0.2) is 6.61 Å². The summed E-state index contributed by atoms with van der Waals surface area (Å²) in [6.45, 7) is 9.33. The number of carbonyl (C=O) groups excluding carboxylic acids is 2. The van der Waals surface area contributed by atoms with Crippen molar-refractivity contribution in [2.75, 3.05) is 13.2 Å². The summed E-state index contributed by atoms with van der Waals surface area (Å²) < 4.78 is 10.9. The molecule has 144 valence electrons. The van der Waals surface area contributed by atoms with E-state index in [1.807, 2.05) is 32.9 Å². The predicted octanol–water partition coefficient (Wildman–Crippen LogP) is 3.14. The Kier molecular flexibility index (Phi) is 6.55. The van der Waals surface area contributed by atoms with Gasteiger partial charge >= 0.3 is 5.97 Å². The standard InChI is InChI=1S/C21H26N2O4/c1-14-10-15(2)19(16(3)11-14)26-12-18(24)27-13-21(4,5)23-20(25)17-6-8-22-9-7-17/h6-11H,12-13H2,1-5H3,(H,23,25). The minimum Gasteiger partial charge on any atom is -0.481 e. The number of ether oxygens (including phenoxy) is 2. The molecule has 0 aliphatic heterocycles. The summed E-state index contributed by atoms with van der Waals surface area (Å²) in [5, 5.41) is 2.84. The molecule has 6 heteroatoms. The number of aryl methyl sites for hydroxylation is 3. The Bertz CT molecular complexity index is 793. The Hall–Kier alpha value is -2.89. The Morgan fingerprint density at radius 2 is 1.67 bits per heavy atom. The predicted molar refractivity (Wildman–Crippen MR) is 103 cm³/mol. The molecular formula is C21H26N2O4. The topological polar surface area (TPSA) is 77.5 Å². The highest BCUT2D eigenvalue weighted by Gasteiger charge is 2.23. The maximum Gasteiger partial charge on any atom is 0.344 e. The number of pyridine rings is 1. The average Bonchev–Trinajstić information content (AvgIpc) is 2.59. The van der Waals surface area contributed by atoms with Gasteiger partial charge in [-0.1, -0.05) is 17.7 Å². The third-order valence-electron chi connectivity index (χ3n) is 3.93. The normalized spacial score (nSPS) is 11.0. The van der Waals surface area contributed by atoms with Crippen LogP contribution in [0.4, 0.5) is 0 Å². The molecule has 0 saturated carbocycles. The third kappa shape index (κ3) is 6.09. The number of aromatic nitrogens is 1. The lowest BCUT2D eigenvalue weighted by atomic mass is 10.1. The second kappa shape index (κ2) is 8.66. The maximum atomic E-state index is 12.2. The average molecular weight is 370 g/mol. The van der Waals surface area contributed by atoms with Gasteiger partial charge in [0, 0.05) is 18.0 Å². The van der Waals surface area contributed by atoms with Gasteiger partial charge in [0.25, 0.3) is 5.91 Å². The smallest absolute Gasteiger partial charge is 0.344 e. The number of hydrogen-bond acceptors (Lipinski definition) is 5. The Morgan fingerprint density at radius 1 is 1.07 bits per heavy atom. The SMILES string of the molecule is Cc1cc(C)c(OCC(=O)OCC(C)(C)NC(=O)c2ccncc2)c(C)c1. The number of carbonyl (C=O) groups is 2. The van der Waals surface area contributed by atoms with Crippen molar-refractivity contribution in [3.05, 3.63) is 58.9 Å². The van der Waals surface area contributed by atoms with Crippen LogP contribution in [0.3, 0.4) is 0 Å². The van der Waals surface area contributed by atoms with Gasteiger partial charge in [0.05, 0.1) is 5.54 Å². The molecule has 27 heavy (non-hydrogen) atoms. The molecule has 1 N–H and O–H groups in total. The van der Waals surface area contributed by atoms with E-state index in [9.17, 15) is 9.59 Å². The first-order valence-electron chi connectivity index (χ1n) is 8.77. The van der Waals surface area contributed by atoms with Crippen LogP contribution in [0.15, 0.2) is 36.7 Å². The van der Waals surface area contributed by atoms with E-state index >= 15 is 0 Å². The molecule has 6 nitrogen and oxygen atoms in total. The van der Waals surface area contributed by atoms with Crippen LogP contribution >= 0.6 is 0 Å². The van der Waals surface area contributed by atoms with Crippen LogP contribution in [0.1, 0.15) is 40.9 Å². The van der Waals surface area contributed by atoms with Crippen molar-refractivity contribution in [3.63, 3.8) is 0 Å². The molecule has 0 atom stereocenters. The quantitative estimate of drug-likeness (QED) is 0.758. The monoisotopic (exact) mass is 370 g/mol. The van der Waals surface area contributed by atoms with Crippen molar-refractivity contribution in [1.82, 2.24) is 10.3 Å². The summed E-state index contributed by atoms with van der Waals surface area (Å²) in [5.41, 5.74) is 2.88. The molecule has 2 aromatic rings. The van der Waals surface area contributed by atoms with Crippen LogP contribution in [-0.2, 0) is 9.53 Å². The minimum absolute atomic E-state index is 0.0396. The van der Waals surface area contributed by atoms with Crippen LogP contribution in [0.2, 0.25) is 0 Å². The molecular weight excluding hydrogens is 344 g/mol. The van der Waals surface area contributed by atoms with Crippen LogP contribution in [0.5, 0.6) is 5.75 Å². The third-order valence-corrected chi connectivity index (χ3v) is 3.93. The number of benzene rings is 1. The number of rotatable bonds is 7. The highest BCUT2D eigenvalue weighted by molar-refractivity contribution is 5.94. The summed E-state index contributed by atoms with van der Waals surface area (Å²) >= 11 is 0. The van der Waals surface area contributed by atoms with Crippen molar-refractivity contribution in [3.8, 4) is 5.75 Å². The fourth-order valence-electron chi connectivity index (χ4n) is 2.75. The lowest BCUT2D eigenvalue weighted by molar-refractivity contribution is -0.147. The summed E-state index contributed by atoms with van der Waals surface area (Å²) in [7, 11) is 0. The van der Waals surface area contributed by atoms with Crippen LogP contribution in [0, 0.1) is 20.8 Å². The molecule has 1 aromatic heterocycles. The first-order chi connectivity index (χ1) is 12.7. The molecule has 1 heterocycles. The molecule has 1 aromatic carbocycles. The molecule has 0 radical (unpaired) electrons. The van der Waals surface area contributed by atoms with Gasteiger partial charge in [-0.05, 0) is 57.9 Å². The zero-order valence-corrected chi connectivity index (χ0v) is 16.5. The fourth-order valence-corrected chi connectivity index (χ4v) is 2.75. The first kappa shape index (κ1) is 20.4. The molecule has 0 fully saturated rings. The summed E-state index contributed by atoms with van der Waals surface area (Å²) in [6, 6.07) is 7.26. The molecule has 2 rings (SSSR count). The molecule has 0 aliphatic rings. The van der Waals surface area contributed by atoms with E-state index in [1.165, 1.54) is 0 Å². The van der Waals surface area contributed by atoms with Gasteiger partial charge in [-0.25, -0.2) is 4.79 Å². The van der Waals surface area contributed by atoms with Gasteiger partial charge in [-0.15, -0.1) is 0 Å². The highest BCUT2D eigenvalue weighted by Crippen LogP contribution is 2.24. The van der Waals surface area contributed by atoms with Gasteiger partial charge in [0.1, 0.15) is 12.4 Å².